The zero-order valence-corrected chi connectivity index (χ0v) is 11.0. The molecule has 3 heteroatoms. The van der Waals surface area contributed by atoms with Crippen LogP contribution in [0.5, 0.6) is 0 Å². The van der Waals surface area contributed by atoms with E-state index in [1.165, 1.54) is 24.3 Å². The molecule has 0 spiro atoms. The zero-order valence-electron chi connectivity index (χ0n) is 9.41. The Bertz CT molecular complexity index is 224. The molecular formula is C12H20OS2. The summed E-state index contributed by atoms with van der Waals surface area (Å²) in [6.45, 7) is 2.29. The Balaban J connectivity index is 1.88. The summed E-state index contributed by atoms with van der Waals surface area (Å²) in [6, 6.07) is 0. The van der Waals surface area contributed by atoms with Crippen LogP contribution in [0.3, 0.4) is 0 Å². The zero-order chi connectivity index (χ0) is 10.7. The lowest BCUT2D eigenvalue weighted by Gasteiger charge is -2.29. The van der Waals surface area contributed by atoms with Gasteiger partial charge < -0.3 is 0 Å². The van der Waals surface area contributed by atoms with Crippen LogP contribution in [0.25, 0.3) is 0 Å². The molecule has 3 atom stereocenters. The van der Waals surface area contributed by atoms with Gasteiger partial charge in [-0.25, -0.2) is 0 Å². The highest BCUT2D eigenvalue weighted by Crippen LogP contribution is 2.34. The number of thioether (sulfide) groups is 2. The van der Waals surface area contributed by atoms with Crippen molar-refractivity contribution >= 4 is 29.3 Å². The molecule has 0 aromatic heterocycles. The van der Waals surface area contributed by atoms with Crippen LogP contribution in [0.15, 0.2) is 0 Å². The number of hydrogen-bond acceptors (Lipinski definition) is 3. The van der Waals surface area contributed by atoms with Gasteiger partial charge in [0.05, 0.1) is 5.25 Å². The van der Waals surface area contributed by atoms with Crippen LogP contribution >= 0.6 is 23.5 Å². The maximum atomic E-state index is 12.3. The summed E-state index contributed by atoms with van der Waals surface area (Å²) in [6.07, 6.45) is 4.91. The Morgan fingerprint density at radius 2 is 2.13 bits per heavy atom. The first kappa shape index (κ1) is 11.8. The highest BCUT2D eigenvalue weighted by Gasteiger charge is 2.31. The molecule has 0 bridgehead atoms. The average Bonchev–Trinajstić information content (AvgIpc) is 2.29. The van der Waals surface area contributed by atoms with E-state index in [2.05, 4.69) is 6.92 Å². The minimum Gasteiger partial charge on any atom is -0.298 e. The summed E-state index contributed by atoms with van der Waals surface area (Å²) in [7, 11) is 0. The van der Waals surface area contributed by atoms with E-state index in [-0.39, 0.29) is 0 Å². The molecule has 0 amide bonds. The smallest absolute Gasteiger partial charge is 0.149 e. The quantitative estimate of drug-likeness (QED) is 0.742. The van der Waals surface area contributed by atoms with E-state index < -0.39 is 0 Å². The van der Waals surface area contributed by atoms with Gasteiger partial charge in [-0.15, -0.1) is 11.8 Å². The molecule has 2 rings (SSSR count). The third kappa shape index (κ3) is 3.16. The van der Waals surface area contributed by atoms with Crippen molar-refractivity contribution in [2.75, 3.05) is 17.3 Å². The number of carbonyl (C=O) groups is 1. The fourth-order valence-corrected chi connectivity index (χ4v) is 5.32. The summed E-state index contributed by atoms with van der Waals surface area (Å²) in [5.41, 5.74) is 0. The minimum atomic E-state index is 0.319. The minimum absolute atomic E-state index is 0.319. The van der Waals surface area contributed by atoms with Crippen LogP contribution in [-0.4, -0.2) is 28.3 Å². The van der Waals surface area contributed by atoms with Gasteiger partial charge in [0.1, 0.15) is 5.78 Å². The second-order valence-corrected chi connectivity index (χ2v) is 7.27. The topological polar surface area (TPSA) is 17.1 Å². The molecule has 0 radical (unpaired) electrons. The maximum absolute atomic E-state index is 12.3. The largest absolute Gasteiger partial charge is 0.298 e. The monoisotopic (exact) mass is 244 g/mol. The summed E-state index contributed by atoms with van der Waals surface area (Å²) >= 11 is 3.85. The Kier molecular flexibility index (Phi) is 4.44. The van der Waals surface area contributed by atoms with E-state index in [9.17, 15) is 4.79 Å². The van der Waals surface area contributed by atoms with E-state index in [1.54, 1.807) is 0 Å². The highest BCUT2D eigenvalue weighted by molar-refractivity contribution is 8.07. The van der Waals surface area contributed by atoms with Crippen LogP contribution in [0.4, 0.5) is 0 Å². The van der Waals surface area contributed by atoms with E-state index in [4.69, 9.17) is 0 Å². The number of hydrogen-bond donors (Lipinski definition) is 0. The summed E-state index contributed by atoms with van der Waals surface area (Å²) < 4.78 is 0. The number of ketones is 1. The lowest BCUT2D eigenvalue weighted by molar-refractivity contribution is -0.123. The fraction of sp³-hybridized carbons (Fsp3) is 0.917. The fourth-order valence-electron chi connectivity index (χ4n) is 2.61. The SMILES string of the molecule is CC1CCCC(C(=O)C2CSCCS2)C1. The van der Waals surface area contributed by atoms with Crippen molar-refractivity contribution in [1.82, 2.24) is 0 Å². The third-order valence-corrected chi connectivity index (χ3v) is 6.24. The van der Waals surface area contributed by atoms with Gasteiger partial charge in [-0.05, 0) is 18.8 Å². The Hall–Kier alpha value is 0.370. The van der Waals surface area contributed by atoms with Crippen LogP contribution in [0, 0.1) is 11.8 Å². The summed E-state index contributed by atoms with van der Waals surface area (Å²) in [5.74, 6) is 5.20. The van der Waals surface area contributed by atoms with E-state index in [0.29, 0.717) is 17.0 Å². The number of rotatable bonds is 2. The van der Waals surface area contributed by atoms with Crippen LogP contribution in [0.1, 0.15) is 32.6 Å². The average molecular weight is 244 g/mol. The molecular weight excluding hydrogens is 224 g/mol. The maximum Gasteiger partial charge on any atom is 0.149 e. The number of Topliss-reactive ketones (excluding diaryl/α,β-unsaturated/α-hetero) is 1. The first-order chi connectivity index (χ1) is 7.27. The second kappa shape index (κ2) is 5.62. The van der Waals surface area contributed by atoms with Gasteiger partial charge >= 0.3 is 0 Å². The van der Waals surface area contributed by atoms with Gasteiger partial charge in [0, 0.05) is 23.2 Å². The van der Waals surface area contributed by atoms with E-state index in [1.807, 2.05) is 23.5 Å². The molecule has 2 fully saturated rings. The Morgan fingerprint density at radius 3 is 2.80 bits per heavy atom. The molecule has 2 aliphatic rings. The molecule has 1 heterocycles. The molecule has 1 nitrogen and oxygen atoms in total. The predicted octanol–water partition coefficient (Wildman–Crippen LogP) is 3.23. The van der Waals surface area contributed by atoms with Gasteiger partial charge in [-0.3, -0.25) is 4.79 Å². The van der Waals surface area contributed by atoms with Crippen molar-refractivity contribution in [3.05, 3.63) is 0 Å². The molecule has 0 N–H and O–H groups in total. The number of carbonyl (C=O) groups excluding carboxylic acids is 1. The molecule has 1 saturated carbocycles. The lowest BCUT2D eigenvalue weighted by Crippen LogP contribution is -2.32. The van der Waals surface area contributed by atoms with E-state index in [0.717, 1.165) is 24.5 Å². The highest BCUT2D eigenvalue weighted by atomic mass is 32.2. The normalized spacial score (nSPS) is 37.5. The molecule has 3 unspecified atom stereocenters. The summed E-state index contributed by atoms with van der Waals surface area (Å²) in [5, 5.41) is 0.319. The van der Waals surface area contributed by atoms with Gasteiger partial charge in [0.15, 0.2) is 0 Å². The predicted molar refractivity (Wildman–Crippen MR) is 69.7 cm³/mol. The van der Waals surface area contributed by atoms with Crippen molar-refractivity contribution in [2.45, 2.75) is 37.9 Å². The van der Waals surface area contributed by atoms with Gasteiger partial charge in [0.25, 0.3) is 0 Å². The van der Waals surface area contributed by atoms with Gasteiger partial charge in [0.2, 0.25) is 0 Å². The Morgan fingerprint density at radius 1 is 1.27 bits per heavy atom. The summed E-state index contributed by atoms with van der Waals surface area (Å²) in [4.78, 5) is 12.3. The molecule has 86 valence electrons. The standard InChI is InChI=1S/C12H20OS2/c1-9-3-2-4-10(7-9)12(13)11-8-14-5-6-15-11/h9-11H,2-8H2,1H3. The molecule has 15 heavy (non-hydrogen) atoms. The van der Waals surface area contributed by atoms with Crippen molar-refractivity contribution in [2.24, 2.45) is 11.8 Å². The van der Waals surface area contributed by atoms with Crippen molar-refractivity contribution in [1.29, 1.82) is 0 Å². The lowest BCUT2D eigenvalue weighted by atomic mass is 9.79. The van der Waals surface area contributed by atoms with Crippen LogP contribution in [-0.2, 0) is 4.79 Å². The molecule has 0 aromatic rings. The first-order valence-electron chi connectivity index (χ1n) is 6.00. The first-order valence-corrected chi connectivity index (χ1v) is 8.21. The molecule has 0 aromatic carbocycles. The van der Waals surface area contributed by atoms with Gasteiger partial charge in [-0.2, -0.15) is 11.8 Å². The van der Waals surface area contributed by atoms with Gasteiger partial charge in [-0.1, -0.05) is 19.8 Å². The molecule has 1 aliphatic carbocycles. The molecule has 1 saturated heterocycles. The van der Waals surface area contributed by atoms with Crippen molar-refractivity contribution < 1.29 is 4.79 Å². The third-order valence-electron chi connectivity index (χ3n) is 3.47. The van der Waals surface area contributed by atoms with Crippen LogP contribution in [0.2, 0.25) is 0 Å². The van der Waals surface area contributed by atoms with Crippen LogP contribution < -0.4 is 0 Å². The Labute approximate surface area is 101 Å². The van der Waals surface area contributed by atoms with Crippen molar-refractivity contribution in [3.63, 3.8) is 0 Å². The van der Waals surface area contributed by atoms with Crippen molar-refractivity contribution in [3.8, 4) is 0 Å². The van der Waals surface area contributed by atoms with E-state index >= 15 is 0 Å². The second-order valence-electron chi connectivity index (χ2n) is 4.81. The molecule has 1 aliphatic heterocycles.